The van der Waals surface area contributed by atoms with Gasteiger partial charge in [0.05, 0.1) is 13.1 Å². The lowest BCUT2D eigenvalue weighted by Gasteiger charge is -2.29. The molecule has 1 aliphatic carbocycles. The van der Waals surface area contributed by atoms with Gasteiger partial charge in [0.1, 0.15) is 5.82 Å². The van der Waals surface area contributed by atoms with Crippen molar-refractivity contribution in [2.24, 2.45) is 5.92 Å². The first-order chi connectivity index (χ1) is 12.4. The summed E-state index contributed by atoms with van der Waals surface area (Å²) in [6, 6.07) is 5.05. The van der Waals surface area contributed by atoms with Gasteiger partial charge in [-0.1, -0.05) is 19.8 Å². The molecule has 4 N–H and O–H groups in total. The van der Waals surface area contributed by atoms with Crippen molar-refractivity contribution in [2.75, 3.05) is 18.4 Å². The van der Waals surface area contributed by atoms with Crippen LogP contribution in [0.15, 0.2) is 24.3 Å². The minimum absolute atomic E-state index is 0.133. The molecule has 4 amide bonds. The number of anilines is 1. The lowest BCUT2D eigenvalue weighted by Crippen LogP contribution is -2.48. The predicted octanol–water partition coefficient (Wildman–Crippen LogP) is 1.76. The SMILES string of the molecule is C[C@@H]1CCCC[C@@H]1NC(=O)NCC(=O)NCC(=O)Nc1ccc(F)cc1. The molecule has 0 unspecified atom stereocenters. The van der Waals surface area contributed by atoms with Crippen molar-refractivity contribution in [1.82, 2.24) is 16.0 Å². The van der Waals surface area contributed by atoms with Crippen LogP contribution in [0.4, 0.5) is 14.9 Å². The van der Waals surface area contributed by atoms with Crippen LogP contribution in [-0.2, 0) is 9.59 Å². The molecule has 2 atom stereocenters. The molecular weight excluding hydrogens is 339 g/mol. The fourth-order valence-corrected chi connectivity index (χ4v) is 2.89. The van der Waals surface area contributed by atoms with Gasteiger partial charge in [-0.05, 0) is 43.0 Å². The molecule has 0 heterocycles. The van der Waals surface area contributed by atoms with Crippen LogP contribution >= 0.6 is 0 Å². The van der Waals surface area contributed by atoms with E-state index in [4.69, 9.17) is 0 Å². The van der Waals surface area contributed by atoms with E-state index in [2.05, 4.69) is 28.2 Å². The van der Waals surface area contributed by atoms with Gasteiger partial charge in [-0.3, -0.25) is 9.59 Å². The van der Waals surface area contributed by atoms with Crippen LogP contribution < -0.4 is 21.3 Å². The van der Waals surface area contributed by atoms with Crippen molar-refractivity contribution in [3.8, 4) is 0 Å². The number of benzene rings is 1. The number of amides is 4. The lowest BCUT2D eigenvalue weighted by molar-refractivity contribution is -0.123. The van der Waals surface area contributed by atoms with Gasteiger partial charge >= 0.3 is 6.03 Å². The molecule has 0 saturated heterocycles. The minimum Gasteiger partial charge on any atom is -0.345 e. The molecule has 7 nitrogen and oxygen atoms in total. The van der Waals surface area contributed by atoms with Gasteiger partial charge in [0.2, 0.25) is 11.8 Å². The maximum absolute atomic E-state index is 12.8. The number of carbonyl (C=O) groups is 3. The van der Waals surface area contributed by atoms with Crippen LogP contribution in [0.5, 0.6) is 0 Å². The number of nitrogens with one attached hydrogen (secondary N) is 4. The first-order valence-electron chi connectivity index (χ1n) is 8.80. The summed E-state index contributed by atoms with van der Waals surface area (Å²) in [6.07, 6.45) is 4.32. The van der Waals surface area contributed by atoms with Crippen LogP contribution in [0.3, 0.4) is 0 Å². The summed E-state index contributed by atoms with van der Waals surface area (Å²) in [5.74, 6) is -0.877. The highest BCUT2D eigenvalue weighted by Gasteiger charge is 2.22. The maximum Gasteiger partial charge on any atom is 0.315 e. The van der Waals surface area contributed by atoms with E-state index >= 15 is 0 Å². The Hall–Kier alpha value is -2.64. The number of rotatable bonds is 6. The second-order valence-corrected chi connectivity index (χ2v) is 6.53. The largest absolute Gasteiger partial charge is 0.345 e. The highest BCUT2D eigenvalue weighted by Crippen LogP contribution is 2.23. The van der Waals surface area contributed by atoms with Gasteiger partial charge in [-0.25, -0.2) is 9.18 Å². The van der Waals surface area contributed by atoms with Crippen LogP contribution in [0.1, 0.15) is 32.6 Å². The molecular formula is C18H25FN4O3. The molecule has 1 aromatic rings. The van der Waals surface area contributed by atoms with Gasteiger partial charge in [0.25, 0.3) is 0 Å². The molecule has 0 bridgehead atoms. The van der Waals surface area contributed by atoms with Crippen molar-refractivity contribution in [3.63, 3.8) is 0 Å². The topological polar surface area (TPSA) is 99.3 Å². The van der Waals surface area contributed by atoms with Crippen LogP contribution in [0.2, 0.25) is 0 Å². The van der Waals surface area contributed by atoms with E-state index in [1.807, 2.05) is 0 Å². The molecule has 0 radical (unpaired) electrons. The van der Waals surface area contributed by atoms with Crippen LogP contribution in [0, 0.1) is 11.7 Å². The summed E-state index contributed by atoms with van der Waals surface area (Å²) < 4.78 is 12.8. The van der Waals surface area contributed by atoms with Crippen molar-refractivity contribution in [3.05, 3.63) is 30.1 Å². The Morgan fingerprint density at radius 2 is 1.65 bits per heavy atom. The molecule has 0 spiro atoms. The zero-order valence-corrected chi connectivity index (χ0v) is 14.8. The van der Waals surface area contributed by atoms with E-state index < -0.39 is 17.6 Å². The molecule has 2 rings (SSSR count). The zero-order chi connectivity index (χ0) is 18.9. The standard InChI is InChI=1S/C18H25FN4O3/c1-12-4-2-3-5-15(12)23-18(26)21-10-16(24)20-11-17(25)22-14-8-6-13(19)7-9-14/h6-9,12,15H,2-5,10-11H2,1H3,(H,20,24)(H,22,25)(H2,21,23,26)/t12-,15+/m1/s1. The smallest absolute Gasteiger partial charge is 0.315 e. The van der Waals surface area contributed by atoms with Crippen LogP contribution in [0.25, 0.3) is 0 Å². The van der Waals surface area contributed by atoms with Crippen molar-refractivity contribution in [2.45, 2.75) is 38.6 Å². The Balaban J connectivity index is 1.62. The quantitative estimate of drug-likeness (QED) is 0.619. The number of urea groups is 1. The summed E-state index contributed by atoms with van der Waals surface area (Å²) in [4.78, 5) is 35.3. The Labute approximate surface area is 152 Å². The summed E-state index contributed by atoms with van der Waals surface area (Å²) >= 11 is 0. The Morgan fingerprint density at radius 1 is 1.00 bits per heavy atom. The zero-order valence-electron chi connectivity index (χ0n) is 14.8. The molecule has 1 saturated carbocycles. The Morgan fingerprint density at radius 3 is 2.35 bits per heavy atom. The summed E-state index contributed by atoms with van der Waals surface area (Å²) in [6.45, 7) is 1.66. The third kappa shape index (κ3) is 6.70. The molecule has 8 heteroatoms. The average molecular weight is 364 g/mol. The lowest BCUT2D eigenvalue weighted by atomic mass is 9.86. The number of halogens is 1. The molecule has 26 heavy (non-hydrogen) atoms. The molecule has 1 fully saturated rings. The number of carbonyl (C=O) groups excluding carboxylic acids is 3. The third-order valence-corrected chi connectivity index (χ3v) is 4.41. The first-order valence-corrected chi connectivity index (χ1v) is 8.80. The van der Waals surface area contributed by atoms with Gasteiger partial charge in [-0.2, -0.15) is 0 Å². The van der Waals surface area contributed by atoms with Crippen molar-refractivity contribution < 1.29 is 18.8 Å². The fraction of sp³-hybridized carbons (Fsp3) is 0.500. The second kappa shape index (κ2) is 9.74. The first kappa shape index (κ1) is 19.7. The van der Waals surface area contributed by atoms with E-state index in [0.29, 0.717) is 11.6 Å². The van der Waals surface area contributed by atoms with Gasteiger partial charge in [0.15, 0.2) is 0 Å². The van der Waals surface area contributed by atoms with Gasteiger partial charge in [0, 0.05) is 11.7 Å². The maximum atomic E-state index is 12.8. The van der Waals surface area contributed by atoms with E-state index in [1.54, 1.807) is 0 Å². The van der Waals surface area contributed by atoms with E-state index in [1.165, 1.54) is 30.7 Å². The highest BCUT2D eigenvalue weighted by atomic mass is 19.1. The second-order valence-electron chi connectivity index (χ2n) is 6.53. The average Bonchev–Trinajstić information content (AvgIpc) is 2.62. The van der Waals surface area contributed by atoms with Crippen LogP contribution in [-0.4, -0.2) is 37.0 Å². The van der Waals surface area contributed by atoms with Crippen molar-refractivity contribution >= 4 is 23.5 Å². The fourth-order valence-electron chi connectivity index (χ4n) is 2.89. The number of hydrogen-bond donors (Lipinski definition) is 4. The van der Waals surface area contributed by atoms with Crippen molar-refractivity contribution in [1.29, 1.82) is 0 Å². The minimum atomic E-state index is -0.467. The van der Waals surface area contributed by atoms with E-state index in [0.717, 1.165) is 19.3 Å². The third-order valence-electron chi connectivity index (χ3n) is 4.41. The molecule has 0 aromatic heterocycles. The number of hydrogen-bond acceptors (Lipinski definition) is 3. The Kier molecular flexibility index (Phi) is 7.37. The molecule has 142 valence electrons. The molecule has 1 aromatic carbocycles. The molecule has 1 aliphatic rings. The van der Waals surface area contributed by atoms with E-state index in [-0.39, 0.29) is 25.2 Å². The predicted molar refractivity (Wildman–Crippen MR) is 96.0 cm³/mol. The van der Waals surface area contributed by atoms with Gasteiger partial charge < -0.3 is 21.3 Å². The summed E-state index contributed by atoms with van der Waals surface area (Å²) in [7, 11) is 0. The monoisotopic (exact) mass is 364 g/mol. The summed E-state index contributed by atoms with van der Waals surface area (Å²) in [5.41, 5.74) is 0.435. The highest BCUT2D eigenvalue weighted by molar-refractivity contribution is 5.95. The Bertz CT molecular complexity index is 636. The van der Waals surface area contributed by atoms with Gasteiger partial charge in [-0.15, -0.1) is 0 Å². The summed E-state index contributed by atoms with van der Waals surface area (Å²) in [5, 5.41) is 10.3. The van der Waals surface area contributed by atoms with E-state index in [9.17, 15) is 18.8 Å². The normalized spacial score (nSPS) is 19.3. The molecule has 0 aliphatic heterocycles.